The third-order valence-electron chi connectivity index (χ3n) is 3.13. The standard InChI is InChI=1S/C14H18BrNO3S/c1-18-11-4-2-3-5-12(11)19-10-14(13(17)6-7-15)16-8-9-20-14/h2-5,16H,6-10H2,1H3. The predicted molar refractivity (Wildman–Crippen MR) is 85.1 cm³/mol. The van der Waals surface area contributed by atoms with Crippen molar-refractivity contribution in [2.75, 3.05) is 31.3 Å². The summed E-state index contributed by atoms with van der Waals surface area (Å²) in [6, 6.07) is 7.47. The maximum atomic E-state index is 12.3. The molecule has 0 aromatic heterocycles. The Morgan fingerprint density at radius 1 is 1.45 bits per heavy atom. The van der Waals surface area contributed by atoms with Crippen LogP contribution in [0.2, 0.25) is 0 Å². The lowest BCUT2D eigenvalue weighted by molar-refractivity contribution is -0.122. The number of nitrogens with one attached hydrogen (secondary N) is 1. The van der Waals surface area contributed by atoms with E-state index >= 15 is 0 Å². The Hall–Kier alpha value is -0.720. The van der Waals surface area contributed by atoms with Gasteiger partial charge in [0.05, 0.1) is 7.11 Å². The van der Waals surface area contributed by atoms with Gasteiger partial charge in [-0.2, -0.15) is 0 Å². The minimum Gasteiger partial charge on any atom is -0.493 e. The molecule has 1 aliphatic rings. The fourth-order valence-corrected chi connectivity index (χ4v) is 3.61. The SMILES string of the molecule is COc1ccccc1OCC1(C(=O)CCBr)NCCS1. The quantitative estimate of drug-likeness (QED) is 0.757. The molecule has 1 N–H and O–H groups in total. The molecule has 1 fully saturated rings. The van der Waals surface area contributed by atoms with Crippen molar-refractivity contribution < 1.29 is 14.3 Å². The molecule has 2 rings (SSSR count). The van der Waals surface area contributed by atoms with Crippen molar-refractivity contribution in [1.29, 1.82) is 0 Å². The summed E-state index contributed by atoms with van der Waals surface area (Å²) >= 11 is 4.94. The first-order valence-electron chi connectivity index (χ1n) is 6.46. The Kier molecular flexibility index (Phi) is 5.74. The van der Waals surface area contributed by atoms with Gasteiger partial charge in [-0.05, 0) is 12.1 Å². The summed E-state index contributed by atoms with van der Waals surface area (Å²) in [5.74, 6) is 2.43. The molecule has 0 spiro atoms. The molecule has 1 atom stereocenters. The van der Waals surface area contributed by atoms with Crippen LogP contribution in [0.1, 0.15) is 6.42 Å². The number of rotatable bonds is 7. The van der Waals surface area contributed by atoms with E-state index in [1.807, 2.05) is 24.3 Å². The van der Waals surface area contributed by atoms with Gasteiger partial charge in [-0.25, -0.2) is 0 Å². The molecule has 20 heavy (non-hydrogen) atoms. The summed E-state index contributed by atoms with van der Waals surface area (Å²) in [4.78, 5) is 11.7. The lowest BCUT2D eigenvalue weighted by Crippen LogP contribution is -2.50. The van der Waals surface area contributed by atoms with Crippen LogP contribution in [-0.2, 0) is 4.79 Å². The molecule has 1 aromatic carbocycles. The van der Waals surface area contributed by atoms with Crippen LogP contribution >= 0.6 is 27.7 Å². The summed E-state index contributed by atoms with van der Waals surface area (Å²) in [7, 11) is 1.61. The minimum atomic E-state index is -0.630. The van der Waals surface area contributed by atoms with Gasteiger partial charge < -0.3 is 9.47 Å². The van der Waals surface area contributed by atoms with Crippen molar-refractivity contribution in [3.05, 3.63) is 24.3 Å². The third kappa shape index (κ3) is 3.48. The average molecular weight is 360 g/mol. The average Bonchev–Trinajstić information content (AvgIpc) is 2.96. The minimum absolute atomic E-state index is 0.173. The Bertz CT molecular complexity index is 463. The normalized spacial score (nSPS) is 21.7. The first-order valence-corrected chi connectivity index (χ1v) is 8.56. The molecule has 0 saturated carbocycles. The number of thioether (sulfide) groups is 1. The Balaban J connectivity index is 2.08. The van der Waals surface area contributed by atoms with Gasteiger partial charge in [-0.3, -0.25) is 10.1 Å². The Labute approximate surface area is 131 Å². The number of alkyl halides is 1. The van der Waals surface area contributed by atoms with Gasteiger partial charge in [0, 0.05) is 24.0 Å². The van der Waals surface area contributed by atoms with Crippen molar-refractivity contribution in [1.82, 2.24) is 5.32 Å². The van der Waals surface area contributed by atoms with E-state index in [2.05, 4.69) is 21.2 Å². The van der Waals surface area contributed by atoms with E-state index < -0.39 is 4.87 Å². The topological polar surface area (TPSA) is 47.6 Å². The van der Waals surface area contributed by atoms with E-state index in [0.29, 0.717) is 29.9 Å². The molecule has 0 aliphatic carbocycles. The number of hydrogen-bond donors (Lipinski definition) is 1. The van der Waals surface area contributed by atoms with Crippen LogP contribution in [0.5, 0.6) is 11.5 Å². The highest BCUT2D eigenvalue weighted by atomic mass is 79.9. The number of carbonyl (C=O) groups excluding carboxylic acids is 1. The van der Waals surface area contributed by atoms with Gasteiger partial charge in [0.15, 0.2) is 22.2 Å². The largest absolute Gasteiger partial charge is 0.493 e. The van der Waals surface area contributed by atoms with Crippen molar-refractivity contribution in [3.63, 3.8) is 0 Å². The maximum absolute atomic E-state index is 12.3. The first-order chi connectivity index (χ1) is 9.72. The van der Waals surface area contributed by atoms with E-state index in [-0.39, 0.29) is 5.78 Å². The van der Waals surface area contributed by atoms with Gasteiger partial charge in [-0.1, -0.05) is 28.1 Å². The zero-order valence-corrected chi connectivity index (χ0v) is 13.8. The van der Waals surface area contributed by atoms with Crippen LogP contribution in [0.4, 0.5) is 0 Å². The smallest absolute Gasteiger partial charge is 0.167 e. The molecular weight excluding hydrogens is 342 g/mol. The van der Waals surface area contributed by atoms with E-state index in [1.165, 1.54) is 0 Å². The number of hydrogen-bond acceptors (Lipinski definition) is 5. The van der Waals surface area contributed by atoms with Crippen LogP contribution in [0.25, 0.3) is 0 Å². The fraction of sp³-hybridized carbons (Fsp3) is 0.500. The van der Waals surface area contributed by atoms with E-state index in [1.54, 1.807) is 18.9 Å². The molecule has 1 aromatic rings. The second-order valence-electron chi connectivity index (χ2n) is 4.40. The van der Waals surface area contributed by atoms with E-state index in [9.17, 15) is 4.79 Å². The molecular formula is C14H18BrNO3S. The molecule has 1 unspecified atom stereocenters. The Morgan fingerprint density at radius 2 is 2.20 bits per heavy atom. The van der Waals surface area contributed by atoms with Crippen LogP contribution in [0, 0.1) is 0 Å². The van der Waals surface area contributed by atoms with Crippen molar-refractivity contribution in [3.8, 4) is 11.5 Å². The highest BCUT2D eigenvalue weighted by Crippen LogP contribution is 2.33. The van der Waals surface area contributed by atoms with Crippen LogP contribution in [0.3, 0.4) is 0 Å². The van der Waals surface area contributed by atoms with Crippen LogP contribution < -0.4 is 14.8 Å². The van der Waals surface area contributed by atoms with Crippen molar-refractivity contribution >= 4 is 33.5 Å². The molecule has 0 bridgehead atoms. The number of methoxy groups -OCH3 is 1. The summed E-state index contributed by atoms with van der Waals surface area (Å²) in [6.45, 7) is 1.14. The number of ether oxygens (including phenoxy) is 2. The molecule has 4 nitrogen and oxygen atoms in total. The van der Waals surface area contributed by atoms with Crippen molar-refractivity contribution in [2.45, 2.75) is 11.3 Å². The van der Waals surface area contributed by atoms with Gasteiger partial charge in [0.2, 0.25) is 0 Å². The number of halogens is 1. The van der Waals surface area contributed by atoms with Gasteiger partial charge in [-0.15, -0.1) is 11.8 Å². The molecule has 1 heterocycles. The third-order valence-corrected chi connectivity index (χ3v) is 4.92. The number of para-hydroxylation sites is 2. The Morgan fingerprint density at radius 3 is 2.80 bits per heavy atom. The molecule has 0 amide bonds. The number of ketones is 1. The summed E-state index contributed by atoms with van der Waals surface area (Å²) in [6.07, 6.45) is 0.495. The molecule has 1 aliphatic heterocycles. The number of Topliss-reactive ketones (excluding diaryl/α,β-unsaturated/α-hetero) is 1. The second-order valence-corrected chi connectivity index (χ2v) is 6.59. The van der Waals surface area contributed by atoms with Gasteiger partial charge >= 0.3 is 0 Å². The van der Waals surface area contributed by atoms with Crippen LogP contribution in [-0.4, -0.2) is 42.0 Å². The lowest BCUT2D eigenvalue weighted by atomic mass is 10.1. The molecule has 1 saturated heterocycles. The maximum Gasteiger partial charge on any atom is 0.167 e. The zero-order chi connectivity index (χ0) is 14.4. The van der Waals surface area contributed by atoms with Gasteiger partial charge in [0.1, 0.15) is 6.61 Å². The monoisotopic (exact) mass is 359 g/mol. The summed E-state index contributed by atoms with van der Waals surface area (Å²) < 4.78 is 11.1. The van der Waals surface area contributed by atoms with Crippen LogP contribution in [0.15, 0.2) is 24.3 Å². The zero-order valence-electron chi connectivity index (χ0n) is 11.4. The summed E-state index contributed by atoms with van der Waals surface area (Å²) in [5, 5.41) is 3.96. The second kappa shape index (κ2) is 7.33. The molecule has 110 valence electrons. The van der Waals surface area contributed by atoms with Gasteiger partial charge in [0.25, 0.3) is 0 Å². The number of benzene rings is 1. The summed E-state index contributed by atoms with van der Waals surface area (Å²) in [5.41, 5.74) is 0. The van der Waals surface area contributed by atoms with Crippen molar-refractivity contribution in [2.24, 2.45) is 0 Å². The van der Waals surface area contributed by atoms with E-state index in [4.69, 9.17) is 9.47 Å². The lowest BCUT2D eigenvalue weighted by Gasteiger charge is -2.27. The fourth-order valence-electron chi connectivity index (χ4n) is 2.09. The first kappa shape index (κ1) is 15.7. The highest BCUT2D eigenvalue weighted by Gasteiger charge is 2.42. The molecule has 0 radical (unpaired) electrons. The predicted octanol–water partition coefficient (Wildman–Crippen LogP) is 2.46. The highest BCUT2D eigenvalue weighted by molar-refractivity contribution is 9.09. The van der Waals surface area contributed by atoms with E-state index in [0.717, 1.165) is 12.3 Å². The molecule has 6 heteroatoms. The number of carbonyl (C=O) groups is 1.